The first-order valence-electron chi connectivity index (χ1n) is 7.87. The van der Waals surface area contributed by atoms with E-state index in [1.54, 1.807) is 0 Å². The summed E-state index contributed by atoms with van der Waals surface area (Å²) in [6.45, 7) is 22.5. The lowest BCUT2D eigenvalue weighted by Crippen LogP contribution is -2.45. The molecule has 0 aromatic heterocycles. The van der Waals surface area contributed by atoms with Gasteiger partial charge < -0.3 is 8.85 Å². The lowest BCUT2D eigenvalue weighted by Gasteiger charge is -2.40. The molecule has 0 spiro atoms. The predicted molar refractivity (Wildman–Crippen MR) is 95.2 cm³/mol. The highest BCUT2D eigenvalue weighted by Crippen LogP contribution is 2.39. The van der Waals surface area contributed by atoms with Crippen LogP contribution in [0.1, 0.15) is 47.5 Å². The monoisotopic (exact) mass is 316 g/mol. The molecule has 0 amide bonds. The Morgan fingerprint density at radius 2 is 1.60 bits per heavy atom. The molecule has 0 fully saturated rings. The summed E-state index contributed by atoms with van der Waals surface area (Å²) in [4.78, 5) is 0. The summed E-state index contributed by atoms with van der Waals surface area (Å²) in [6, 6.07) is 0. The van der Waals surface area contributed by atoms with Crippen LogP contribution in [-0.2, 0) is 8.85 Å². The molecule has 0 saturated carbocycles. The van der Waals surface area contributed by atoms with Gasteiger partial charge in [0.2, 0.25) is 8.32 Å². The minimum absolute atomic E-state index is 0.123. The van der Waals surface area contributed by atoms with Gasteiger partial charge in [0.1, 0.15) is 11.9 Å². The summed E-state index contributed by atoms with van der Waals surface area (Å²) in [5.74, 6) is 1.05. The average molecular weight is 317 g/mol. The maximum Gasteiger partial charge on any atom is 0.241 e. The lowest BCUT2D eigenvalue weighted by atomic mass is 10.2. The molecule has 0 aliphatic carbocycles. The topological polar surface area (TPSA) is 18.5 Å². The number of rotatable bonds is 7. The Morgan fingerprint density at radius 3 is 1.90 bits per heavy atom. The van der Waals surface area contributed by atoms with Crippen LogP contribution in [0.25, 0.3) is 0 Å². The van der Waals surface area contributed by atoms with Crippen molar-refractivity contribution in [3.8, 4) is 0 Å². The normalized spacial score (nSPS) is 16.2. The Balaban J connectivity index is 5.15. The predicted octanol–water partition coefficient (Wildman–Crippen LogP) is 5.93. The fraction of sp³-hybridized carbons (Fsp3) is 0.875. The van der Waals surface area contributed by atoms with Gasteiger partial charge in [0.05, 0.1) is 0 Å². The van der Waals surface area contributed by atoms with Gasteiger partial charge in [-0.3, -0.25) is 0 Å². The Kier molecular flexibility index (Phi) is 7.25. The zero-order chi connectivity index (χ0) is 16.2. The molecule has 20 heavy (non-hydrogen) atoms. The molecular formula is C16H36O2Si2. The van der Waals surface area contributed by atoms with Crippen LogP contribution in [0.2, 0.25) is 37.8 Å². The summed E-state index contributed by atoms with van der Waals surface area (Å²) < 4.78 is 12.9. The number of allylic oxidation sites excluding steroid dienone is 1. The third-order valence-electron chi connectivity index (χ3n) is 3.82. The first-order chi connectivity index (χ1) is 8.84. The standard InChI is InChI=1S/C16H36O2Si2/c1-11-13-15(14(12-2)17-19(6,7)8)18-20(9,10)16(3,4)5/h12,15H,11,13H2,1-10H3/t15-/m1/s1. The highest BCUT2D eigenvalue weighted by Gasteiger charge is 2.40. The zero-order valence-electron chi connectivity index (χ0n) is 15.4. The highest BCUT2D eigenvalue weighted by atomic mass is 28.4. The molecule has 0 heterocycles. The molecule has 0 aliphatic heterocycles. The molecule has 2 nitrogen and oxygen atoms in total. The van der Waals surface area contributed by atoms with Crippen LogP contribution in [0.4, 0.5) is 0 Å². The van der Waals surface area contributed by atoms with Gasteiger partial charge in [0.15, 0.2) is 8.32 Å². The van der Waals surface area contributed by atoms with Crippen molar-refractivity contribution in [1.82, 2.24) is 0 Å². The van der Waals surface area contributed by atoms with E-state index in [1.165, 1.54) is 0 Å². The van der Waals surface area contributed by atoms with Crippen LogP contribution < -0.4 is 0 Å². The van der Waals surface area contributed by atoms with Crippen molar-refractivity contribution in [3.05, 3.63) is 11.8 Å². The second kappa shape index (κ2) is 7.27. The van der Waals surface area contributed by atoms with Gasteiger partial charge in [0.25, 0.3) is 0 Å². The van der Waals surface area contributed by atoms with E-state index in [4.69, 9.17) is 8.85 Å². The second-order valence-electron chi connectivity index (χ2n) is 8.06. The smallest absolute Gasteiger partial charge is 0.241 e. The summed E-state index contributed by atoms with van der Waals surface area (Å²) in [5.41, 5.74) is 0. The van der Waals surface area contributed by atoms with Crippen LogP contribution in [0.15, 0.2) is 11.8 Å². The fourth-order valence-electron chi connectivity index (χ4n) is 1.72. The van der Waals surface area contributed by atoms with E-state index >= 15 is 0 Å². The minimum Gasteiger partial charge on any atom is -0.546 e. The van der Waals surface area contributed by atoms with Crippen LogP contribution in [0, 0.1) is 0 Å². The maximum absolute atomic E-state index is 6.61. The molecule has 0 bridgehead atoms. The maximum atomic E-state index is 6.61. The number of hydrogen-bond acceptors (Lipinski definition) is 2. The third-order valence-corrected chi connectivity index (χ3v) is 9.15. The molecule has 0 rings (SSSR count). The van der Waals surface area contributed by atoms with E-state index in [1.807, 2.05) is 0 Å². The van der Waals surface area contributed by atoms with E-state index in [0.29, 0.717) is 0 Å². The van der Waals surface area contributed by atoms with Crippen molar-refractivity contribution in [3.63, 3.8) is 0 Å². The summed E-state index contributed by atoms with van der Waals surface area (Å²) in [6.07, 6.45) is 4.38. The molecule has 0 unspecified atom stereocenters. The first-order valence-corrected chi connectivity index (χ1v) is 14.2. The highest BCUT2D eigenvalue weighted by molar-refractivity contribution is 6.74. The molecular weight excluding hydrogens is 280 g/mol. The van der Waals surface area contributed by atoms with Crippen molar-refractivity contribution in [2.45, 2.75) is 91.3 Å². The van der Waals surface area contributed by atoms with Crippen molar-refractivity contribution < 1.29 is 8.85 Å². The van der Waals surface area contributed by atoms with Gasteiger partial charge in [-0.15, -0.1) is 0 Å². The van der Waals surface area contributed by atoms with Crippen molar-refractivity contribution in [1.29, 1.82) is 0 Å². The van der Waals surface area contributed by atoms with E-state index in [9.17, 15) is 0 Å². The van der Waals surface area contributed by atoms with Crippen molar-refractivity contribution in [2.75, 3.05) is 0 Å². The van der Waals surface area contributed by atoms with Crippen LogP contribution >= 0.6 is 0 Å². The van der Waals surface area contributed by atoms with Gasteiger partial charge in [-0.1, -0.05) is 34.1 Å². The summed E-state index contributed by atoms with van der Waals surface area (Å²) >= 11 is 0. The minimum atomic E-state index is -1.77. The van der Waals surface area contributed by atoms with Crippen molar-refractivity contribution >= 4 is 16.6 Å². The van der Waals surface area contributed by atoms with Gasteiger partial charge in [-0.05, 0) is 57.2 Å². The molecule has 0 saturated heterocycles. The van der Waals surface area contributed by atoms with Crippen LogP contribution in [0.5, 0.6) is 0 Å². The Bertz CT molecular complexity index is 322. The lowest BCUT2D eigenvalue weighted by molar-refractivity contribution is 0.155. The van der Waals surface area contributed by atoms with Crippen molar-refractivity contribution in [2.24, 2.45) is 0 Å². The van der Waals surface area contributed by atoms with Gasteiger partial charge in [-0.25, -0.2) is 0 Å². The zero-order valence-corrected chi connectivity index (χ0v) is 17.4. The Labute approximate surface area is 129 Å². The molecule has 4 heteroatoms. The van der Waals surface area contributed by atoms with Crippen LogP contribution in [-0.4, -0.2) is 22.7 Å². The molecule has 0 aromatic carbocycles. The Hall–Kier alpha value is -0.0662. The SMILES string of the molecule is CC=C(O[Si](C)(C)C)[C@@H](CCC)O[Si](C)(C)C(C)(C)C. The molecule has 1 atom stereocenters. The van der Waals surface area contributed by atoms with Crippen LogP contribution in [0.3, 0.4) is 0 Å². The summed E-state index contributed by atoms with van der Waals surface area (Å²) in [7, 11) is -3.35. The molecule has 0 aliphatic rings. The first kappa shape index (κ1) is 19.9. The molecule has 0 aromatic rings. The van der Waals surface area contributed by atoms with E-state index in [-0.39, 0.29) is 11.1 Å². The number of hydrogen-bond donors (Lipinski definition) is 0. The quantitative estimate of drug-likeness (QED) is 0.428. The van der Waals surface area contributed by atoms with Gasteiger partial charge in [-0.2, -0.15) is 0 Å². The Morgan fingerprint density at radius 1 is 1.10 bits per heavy atom. The van der Waals surface area contributed by atoms with Gasteiger partial charge >= 0.3 is 0 Å². The third kappa shape index (κ3) is 6.59. The van der Waals surface area contributed by atoms with E-state index < -0.39 is 16.6 Å². The summed E-state index contributed by atoms with van der Waals surface area (Å²) in [5, 5.41) is 0.233. The van der Waals surface area contributed by atoms with E-state index in [2.05, 4.69) is 73.4 Å². The largest absolute Gasteiger partial charge is 0.546 e. The molecule has 0 N–H and O–H groups in total. The van der Waals surface area contributed by atoms with E-state index in [0.717, 1.165) is 18.6 Å². The van der Waals surface area contributed by atoms with Gasteiger partial charge in [0, 0.05) is 0 Å². The average Bonchev–Trinajstić information content (AvgIpc) is 2.22. The molecule has 0 radical (unpaired) electrons. The molecule has 120 valence electrons. The second-order valence-corrected chi connectivity index (χ2v) is 17.2. The fourth-order valence-corrected chi connectivity index (χ4v) is 3.97.